The number of amides is 2. The highest BCUT2D eigenvalue weighted by atomic mass is 32.2. The minimum Gasteiger partial charge on any atom is -0.480 e. The predicted octanol–water partition coefficient (Wildman–Crippen LogP) is -0.126. The van der Waals surface area contributed by atoms with Crippen molar-refractivity contribution in [3.8, 4) is 0 Å². The fourth-order valence-electron chi connectivity index (χ4n) is 1.46. The van der Waals surface area contributed by atoms with Crippen LogP contribution in [0.4, 0.5) is 5.69 Å². The third-order valence-electron chi connectivity index (χ3n) is 2.62. The molecule has 0 heterocycles. The molecular formula is C13H16N2O6S. The minimum atomic E-state index is -3.41. The Kier molecular flexibility index (Phi) is 6.05. The van der Waals surface area contributed by atoms with Gasteiger partial charge < -0.3 is 15.7 Å². The molecule has 0 aliphatic rings. The molecule has 0 atom stereocenters. The predicted molar refractivity (Wildman–Crippen MR) is 79.4 cm³/mol. The number of carbonyl (C=O) groups is 3. The van der Waals surface area contributed by atoms with Crippen LogP contribution < -0.4 is 10.6 Å². The van der Waals surface area contributed by atoms with E-state index in [1.807, 2.05) is 0 Å². The summed E-state index contributed by atoms with van der Waals surface area (Å²) in [5.74, 6) is -3.11. The topological polar surface area (TPSA) is 130 Å². The van der Waals surface area contributed by atoms with Gasteiger partial charge in [0.2, 0.25) is 5.91 Å². The Morgan fingerprint density at radius 2 is 1.73 bits per heavy atom. The van der Waals surface area contributed by atoms with Gasteiger partial charge in [-0.15, -0.1) is 0 Å². The number of sulfone groups is 1. The van der Waals surface area contributed by atoms with E-state index in [1.54, 1.807) is 0 Å². The number of nitrogens with one attached hydrogen (secondary N) is 2. The number of carbonyl (C=O) groups excluding carboxylic acids is 2. The van der Waals surface area contributed by atoms with Gasteiger partial charge in [0.25, 0.3) is 5.91 Å². The van der Waals surface area contributed by atoms with Crippen LogP contribution in [0, 0.1) is 0 Å². The number of hydrogen-bond acceptors (Lipinski definition) is 5. The monoisotopic (exact) mass is 328 g/mol. The van der Waals surface area contributed by atoms with Crippen molar-refractivity contribution < 1.29 is 27.9 Å². The van der Waals surface area contributed by atoms with Crippen LogP contribution in [-0.2, 0) is 19.4 Å². The van der Waals surface area contributed by atoms with E-state index in [2.05, 4.69) is 10.6 Å². The van der Waals surface area contributed by atoms with E-state index >= 15 is 0 Å². The summed E-state index contributed by atoms with van der Waals surface area (Å²) in [5, 5.41) is 13.1. The van der Waals surface area contributed by atoms with E-state index in [1.165, 1.54) is 31.2 Å². The molecule has 0 unspecified atom stereocenters. The SMILES string of the molecule is CCS(=O)(=O)CC(=O)Nc1ccc(C(=O)NCC(=O)O)cc1. The molecule has 0 bridgehead atoms. The maximum atomic E-state index is 11.6. The Hall–Kier alpha value is -2.42. The van der Waals surface area contributed by atoms with Crippen molar-refractivity contribution in [2.45, 2.75) is 6.92 Å². The van der Waals surface area contributed by atoms with Gasteiger partial charge in [-0.1, -0.05) is 6.92 Å². The second-order valence-corrected chi connectivity index (χ2v) is 6.73. The number of carboxylic acids is 1. The molecule has 0 saturated carbocycles. The normalized spacial score (nSPS) is 10.8. The molecule has 1 aromatic rings. The largest absolute Gasteiger partial charge is 0.480 e. The van der Waals surface area contributed by atoms with E-state index in [9.17, 15) is 22.8 Å². The van der Waals surface area contributed by atoms with E-state index in [0.717, 1.165) is 0 Å². The molecule has 22 heavy (non-hydrogen) atoms. The molecule has 3 N–H and O–H groups in total. The second-order valence-electron chi connectivity index (χ2n) is 4.38. The van der Waals surface area contributed by atoms with Crippen LogP contribution in [0.1, 0.15) is 17.3 Å². The van der Waals surface area contributed by atoms with Gasteiger partial charge in [0.1, 0.15) is 12.3 Å². The van der Waals surface area contributed by atoms with Crippen molar-refractivity contribution in [2.75, 3.05) is 23.4 Å². The van der Waals surface area contributed by atoms with Crippen molar-refractivity contribution in [2.24, 2.45) is 0 Å². The lowest BCUT2D eigenvalue weighted by Gasteiger charge is -2.07. The molecule has 0 fully saturated rings. The zero-order valence-corrected chi connectivity index (χ0v) is 12.6. The summed E-state index contributed by atoms with van der Waals surface area (Å²) in [5.41, 5.74) is 0.562. The molecule has 0 aliphatic carbocycles. The summed E-state index contributed by atoms with van der Waals surface area (Å²) >= 11 is 0. The van der Waals surface area contributed by atoms with Crippen molar-refractivity contribution in [1.82, 2.24) is 5.32 Å². The lowest BCUT2D eigenvalue weighted by molar-refractivity contribution is -0.135. The van der Waals surface area contributed by atoms with Gasteiger partial charge in [-0.3, -0.25) is 14.4 Å². The van der Waals surface area contributed by atoms with Gasteiger partial charge in [0.15, 0.2) is 9.84 Å². The molecule has 9 heteroatoms. The van der Waals surface area contributed by atoms with Crippen LogP contribution in [0.3, 0.4) is 0 Å². The first-order chi connectivity index (χ1) is 10.2. The number of rotatable bonds is 7. The fourth-order valence-corrected chi connectivity index (χ4v) is 2.14. The minimum absolute atomic E-state index is 0.122. The molecule has 8 nitrogen and oxygen atoms in total. The summed E-state index contributed by atoms with van der Waals surface area (Å²) in [6.07, 6.45) is 0. The zero-order valence-electron chi connectivity index (χ0n) is 11.8. The molecule has 1 aromatic carbocycles. The molecule has 0 spiro atoms. The first-order valence-corrected chi connectivity index (χ1v) is 8.16. The lowest BCUT2D eigenvalue weighted by atomic mass is 10.2. The highest BCUT2D eigenvalue weighted by molar-refractivity contribution is 7.92. The van der Waals surface area contributed by atoms with Crippen molar-refractivity contribution in [3.63, 3.8) is 0 Å². The average molecular weight is 328 g/mol. The zero-order chi connectivity index (χ0) is 16.8. The van der Waals surface area contributed by atoms with Crippen molar-refractivity contribution >= 4 is 33.3 Å². The molecule has 1 rings (SSSR count). The van der Waals surface area contributed by atoms with Gasteiger partial charge in [-0.25, -0.2) is 8.42 Å². The molecule has 0 aromatic heterocycles. The smallest absolute Gasteiger partial charge is 0.322 e. The summed E-state index contributed by atoms with van der Waals surface area (Å²) in [6.45, 7) is 0.958. The van der Waals surface area contributed by atoms with Crippen LogP contribution in [0.2, 0.25) is 0 Å². The Morgan fingerprint density at radius 1 is 1.14 bits per heavy atom. The summed E-state index contributed by atoms with van der Waals surface area (Å²) in [7, 11) is -3.41. The van der Waals surface area contributed by atoms with Crippen LogP contribution in [0.15, 0.2) is 24.3 Å². The van der Waals surface area contributed by atoms with Crippen LogP contribution >= 0.6 is 0 Å². The van der Waals surface area contributed by atoms with Crippen LogP contribution in [0.5, 0.6) is 0 Å². The number of aliphatic carboxylic acids is 1. The van der Waals surface area contributed by atoms with E-state index in [-0.39, 0.29) is 11.3 Å². The number of anilines is 1. The number of carboxylic acid groups (broad SMARTS) is 1. The van der Waals surface area contributed by atoms with Gasteiger partial charge in [-0.05, 0) is 24.3 Å². The molecular weight excluding hydrogens is 312 g/mol. The van der Waals surface area contributed by atoms with Gasteiger partial charge in [-0.2, -0.15) is 0 Å². The summed E-state index contributed by atoms with van der Waals surface area (Å²) in [6, 6.07) is 5.63. The standard InChI is InChI=1S/C13H16N2O6S/c1-2-22(20,21)8-11(16)15-10-5-3-9(4-6-10)13(19)14-7-12(17)18/h3-6H,2,7-8H2,1H3,(H,14,19)(H,15,16)(H,17,18). The summed E-state index contributed by atoms with van der Waals surface area (Å²) in [4.78, 5) is 33.5. The molecule has 0 radical (unpaired) electrons. The Morgan fingerprint density at radius 3 is 2.23 bits per heavy atom. The van der Waals surface area contributed by atoms with Gasteiger partial charge in [0, 0.05) is 17.0 Å². The molecule has 2 amide bonds. The highest BCUT2D eigenvalue weighted by Gasteiger charge is 2.14. The summed E-state index contributed by atoms with van der Waals surface area (Å²) < 4.78 is 22.6. The highest BCUT2D eigenvalue weighted by Crippen LogP contribution is 2.10. The van der Waals surface area contributed by atoms with E-state index in [4.69, 9.17) is 5.11 Å². The first-order valence-electron chi connectivity index (χ1n) is 6.34. The Bertz CT molecular complexity index is 666. The van der Waals surface area contributed by atoms with Crippen LogP contribution in [0.25, 0.3) is 0 Å². The molecule has 120 valence electrons. The number of benzene rings is 1. The van der Waals surface area contributed by atoms with Gasteiger partial charge in [0.05, 0.1) is 0 Å². The van der Waals surface area contributed by atoms with Crippen molar-refractivity contribution in [1.29, 1.82) is 0 Å². The Balaban J connectivity index is 2.63. The van der Waals surface area contributed by atoms with Gasteiger partial charge >= 0.3 is 5.97 Å². The lowest BCUT2D eigenvalue weighted by Crippen LogP contribution is -2.29. The van der Waals surface area contributed by atoms with E-state index in [0.29, 0.717) is 5.69 Å². The average Bonchev–Trinajstić information content (AvgIpc) is 2.44. The third-order valence-corrected chi connectivity index (χ3v) is 4.20. The number of hydrogen-bond donors (Lipinski definition) is 3. The molecule has 0 saturated heterocycles. The van der Waals surface area contributed by atoms with Crippen LogP contribution in [-0.4, -0.2) is 49.4 Å². The fraction of sp³-hybridized carbons (Fsp3) is 0.308. The second kappa shape index (κ2) is 7.55. The van der Waals surface area contributed by atoms with Crippen molar-refractivity contribution in [3.05, 3.63) is 29.8 Å². The first kappa shape index (κ1) is 17.6. The molecule has 0 aliphatic heterocycles. The third kappa shape index (κ3) is 5.92. The maximum absolute atomic E-state index is 11.6. The Labute approximate surface area is 127 Å². The van der Waals surface area contributed by atoms with E-state index < -0.39 is 39.9 Å². The maximum Gasteiger partial charge on any atom is 0.322 e. The quantitative estimate of drug-likeness (QED) is 0.639.